The zero-order valence-corrected chi connectivity index (χ0v) is 58.1. The number of benzene rings is 7. The second kappa shape index (κ2) is 40.8. The van der Waals surface area contributed by atoms with Crippen molar-refractivity contribution in [3.8, 4) is 17.2 Å². The number of hydrogen-bond donors (Lipinski definition) is 7. The molecule has 0 spiro atoms. The predicted molar refractivity (Wildman–Crippen MR) is 414 cm³/mol. The molecule has 7 aromatic carbocycles. The quantitative estimate of drug-likeness (QED) is 0.0257. The molecule has 2 unspecified atom stereocenters. The summed E-state index contributed by atoms with van der Waals surface area (Å²) >= 11 is 0. The maximum absolute atomic E-state index is 8.75. The van der Waals surface area contributed by atoms with Crippen LogP contribution in [0.4, 0.5) is 5.69 Å². The molecule has 0 aromatic heterocycles. The third kappa shape index (κ3) is 20.7. The maximum Gasteiger partial charge on any atom is 0.328 e. The van der Waals surface area contributed by atoms with Crippen molar-refractivity contribution < 1.29 is 57.5 Å². The number of aryl methyl sites for hydroxylation is 1. The molecule has 0 radical (unpaired) electrons. The Morgan fingerprint density at radius 2 is 0.776 bits per heavy atom. The summed E-state index contributed by atoms with van der Waals surface area (Å²) in [7, 11) is 0. The topological polar surface area (TPSA) is 248 Å². The van der Waals surface area contributed by atoms with Gasteiger partial charge in [-0.15, -0.1) is 0 Å². The monoisotopic (exact) mass is 1330 g/mol. The van der Waals surface area contributed by atoms with Gasteiger partial charge in [0.2, 0.25) is 0 Å². The average Bonchev–Trinajstić information content (AvgIpc) is 1.66. The van der Waals surface area contributed by atoms with Gasteiger partial charge in [0.05, 0.1) is 56.9 Å². The Morgan fingerprint density at radius 1 is 0.408 bits per heavy atom. The highest BCUT2D eigenvalue weighted by Gasteiger charge is 2.36. The minimum absolute atomic E-state index is 0. The second-order valence-corrected chi connectivity index (χ2v) is 25.2. The van der Waals surface area contributed by atoms with Crippen molar-refractivity contribution in [2.75, 3.05) is 65.0 Å². The number of nitrogens with two attached hydrogens (primary N) is 4. The molecule has 0 saturated heterocycles. The van der Waals surface area contributed by atoms with Crippen LogP contribution in [-0.2, 0) is 41.0 Å². The van der Waals surface area contributed by atoms with E-state index in [2.05, 4.69) is 120 Å². The summed E-state index contributed by atoms with van der Waals surface area (Å²) in [5.41, 5.74) is 41.4. The smallest absolute Gasteiger partial charge is 0.328 e. The molecular weight excluding hydrogens is 1220 g/mol. The van der Waals surface area contributed by atoms with Crippen molar-refractivity contribution in [1.29, 1.82) is 0 Å². The molecule has 0 aliphatic carbocycles. The molecule has 14 rings (SSSR count). The minimum atomic E-state index is -0.0265. The van der Waals surface area contributed by atoms with Crippen molar-refractivity contribution in [3.05, 3.63) is 185 Å². The second-order valence-electron chi connectivity index (χ2n) is 25.2. The van der Waals surface area contributed by atoms with Gasteiger partial charge in [-0.25, -0.2) is 0 Å². The van der Waals surface area contributed by atoms with Gasteiger partial charge < -0.3 is 80.4 Å². The van der Waals surface area contributed by atoms with Crippen LogP contribution < -0.4 is 75.4 Å². The van der Waals surface area contributed by atoms with Gasteiger partial charge in [0.15, 0.2) is 6.71 Å². The summed E-state index contributed by atoms with van der Waals surface area (Å²) in [6, 6.07) is 49.4. The molecule has 16 nitrogen and oxygen atoms in total. The van der Waals surface area contributed by atoms with Crippen LogP contribution in [0, 0.1) is 0 Å². The van der Waals surface area contributed by atoms with E-state index in [0.717, 1.165) is 63.3 Å². The van der Waals surface area contributed by atoms with E-state index in [1.807, 2.05) is 87.2 Å². The molecule has 98 heavy (non-hydrogen) atoms. The molecule has 0 bridgehead atoms. The van der Waals surface area contributed by atoms with Crippen LogP contribution in [0.1, 0.15) is 130 Å². The molecule has 0 amide bonds. The lowest BCUT2D eigenvalue weighted by molar-refractivity contribution is 0.221. The molecule has 5 atom stereocenters. The van der Waals surface area contributed by atoms with Gasteiger partial charge in [-0.05, 0) is 116 Å². The Hall–Kier alpha value is -6.29. The van der Waals surface area contributed by atoms with E-state index in [1.165, 1.54) is 62.4 Å². The fraction of sp³-hybridized carbons (Fsp3) is 0.440. The molecule has 23 heteroatoms. The number of hydrogen-bond acceptors (Lipinski definition) is 16. The summed E-state index contributed by atoms with van der Waals surface area (Å²) in [6.45, 7) is 24.9. The first-order chi connectivity index (χ1) is 46.6. The lowest BCUT2D eigenvalue weighted by atomic mass is 9.48. The fourth-order valence-corrected chi connectivity index (χ4v) is 13.6. The zero-order valence-electron chi connectivity index (χ0n) is 58.1. The summed E-state index contributed by atoms with van der Waals surface area (Å²) in [6.07, 6.45) is 7.32. The average molecular weight is 1330 g/mol. The first kappa shape index (κ1) is 80.7. The van der Waals surface area contributed by atoms with E-state index in [-0.39, 0.29) is 94.5 Å². The van der Waals surface area contributed by atoms with Crippen molar-refractivity contribution in [1.82, 2.24) is 0 Å². The van der Waals surface area contributed by atoms with Gasteiger partial charge in [-0.1, -0.05) is 209 Å². The standard InChI is InChI=1S/2C12H18BNO3.C11H15BO3.2C10H13BO.C9H12BNO.C9H12BN.2CH4/c2*1-13-12-9(11(8-14)17-13)4-2-5-10(12)16-7-3-6-15;1-12-11-9(8-15-12)4-2-5-10(11)14-7-3-6-13;2*1-3-10-8-6-4-5-7-9(8)11(2)12-10;1-10-8-5-3-2-4-7(8)9(6-11)12-10;1-10-5-4-7-2-3-8(11)6-9(7)10;;/h2*2,4-5,11,15H,3,6-8,14H2,1H3;2,4-5,13H,3,6-8H2,1H3;2*4-7,10H,3H2,1-2H3;2-5,9H,6,11H2,1H3;2-3,6H,4-5,11H2,1H3;2*1H4/t11-;;;2*10-;;;;/m1..10..../s1. The Kier molecular flexibility index (Phi) is 33.6. The summed E-state index contributed by atoms with van der Waals surface area (Å²) in [4.78, 5) is 0. The van der Waals surface area contributed by atoms with Crippen LogP contribution in [0.2, 0.25) is 54.1 Å². The Bertz CT molecular complexity index is 3310. The third-order valence-corrected chi connectivity index (χ3v) is 18.6. The van der Waals surface area contributed by atoms with E-state index in [4.69, 9.17) is 80.4 Å². The third-order valence-electron chi connectivity index (χ3n) is 18.6. The minimum Gasteiger partial charge on any atom is -0.494 e. The molecule has 7 aliphatic rings. The summed E-state index contributed by atoms with van der Waals surface area (Å²) < 4.78 is 51.3. The number of nitrogen functional groups attached to an aromatic ring is 1. The molecule has 0 saturated carbocycles. The van der Waals surface area contributed by atoms with Crippen LogP contribution in [0.15, 0.2) is 146 Å². The van der Waals surface area contributed by atoms with Crippen molar-refractivity contribution in [3.63, 3.8) is 0 Å². The van der Waals surface area contributed by atoms with E-state index in [9.17, 15) is 0 Å². The van der Waals surface area contributed by atoms with Crippen LogP contribution in [-0.4, -0.2) is 123 Å². The van der Waals surface area contributed by atoms with Gasteiger partial charge in [0.25, 0.3) is 0 Å². The zero-order chi connectivity index (χ0) is 68.7. The van der Waals surface area contributed by atoms with Gasteiger partial charge in [0, 0.05) is 64.4 Å². The van der Waals surface area contributed by atoms with Crippen LogP contribution >= 0.6 is 0 Å². The number of aliphatic hydroxyl groups is 3. The van der Waals surface area contributed by atoms with Crippen molar-refractivity contribution >= 4 is 92.1 Å². The molecule has 7 aliphatic heterocycles. The van der Waals surface area contributed by atoms with Gasteiger partial charge in [-0.2, -0.15) is 0 Å². The highest BCUT2D eigenvalue weighted by molar-refractivity contribution is 6.74. The summed E-state index contributed by atoms with van der Waals surface area (Å²) in [5.74, 6) is 2.59. The highest BCUT2D eigenvalue weighted by atomic mass is 16.5. The SMILES string of the molecule is C.C.CB1CCc2ccc(N)cc21.CB1OC(CN)c2cccc(OCCCO)c21.CB1OC(CN)c2ccccc21.CB1OCc2cccc(OCCCO)c21.CB1O[C@H](CN)c2cccc(OCCCO)c21.CC[C@@H]1OB(C)c2ccccc21.CC[C@H]1OB(C)c2ccccc21. The van der Waals surface area contributed by atoms with Crippen LogP contribution in [0.3, 0.4) is 0 Å². The molecule has 7 heterocycles. The largest absolute Gasteiger partial charge is 0.494 e. The van der Waals surface area contributed by atoms with Crippen LogP contribution in [0.25, 0.3) is 0 Å². The fourth-order valence-electron chi connectivity index (χ4n) is 13.6. The van der Waals surface area contributed by atoms with E-state index in [0.29, 0.717) is 84.2 Å². The number of ether oxygens (including phenoxy) is 3. The number of anilines is 1. The number of rotatable bonds is 17. The van der Waals surface area contributed by atoms with E-state index >= 15 is 0 Å². The van der Waals surface area contributed by atoms with E-state index < -0.39 is 0 Å². The molecular formula is C75H109B7N4O12. The number of aliphatic hydroxyl groups excluding tert-OH is 3. The highest BCUT2D eigenvalue weighted by Crippen LogP contribution is 2.31. The van der Waals surface area contributed by atoms with Gasteiger partial charge in [0.1, 0.15) is 17.2 Å². The first-order valence-corrected chi connectivity index (χ1v) is 34.9. The Balaban J connectivity index is 0.000000181. The molecule has 7 aromatic rings. The van der Waals surface area contributed by atoms with Gasteiger partial charge in [-0.3, -0.25) is 0 Å². The normalized spacial score (nSPS) is 18.0. The van der Waals surface area contributed by atoms with E-state index in [1.54, 1.807) is 0 Å². The number of fused-ring (bicyclic) bond motifs is 7. The lowest BCUT2D eigenvalue weighted by Crippen LogP contribution is -2.26. The summed E-state index contributed by atoms with van der Waals surface area (Å²) in [5, 5.41) is 26.2. The lowest BCUT2D eigenvalue weighted by Gasteiger charge is -2.11. The molecule has 522 valence electrons. The van der Waals surface area contributed by atoms with Gasteiger partial charge >= 0.3 is 41.5 Å². The van der Waals surface area contributed by atoms with Crippen molar-refractivity contribution in [2.24, 2.45) is 17.2 Å². The maximum atomic E-state index is 8.75. The Labute approximate surface area is 589 Å². The van der Waals surface area contributed by atoms with Crippen molar-refractivity contribution in [2.45, 2.75) is 158 Å². The predicted octanol–water partition coefficient (Wildman–Crippen LogP) is 8.38. The van der Waals surface area contributed by atoms with Crippen LogP contribution in [0.5, 0.6) is 17.2 Å². The first-order valence-electron chi connectivity index (χ1n) is 34.9. The molecule has 0 fully saturated rings. The Morgan fingerprint density at radius 3 is 1.19 bits per heavy atom. The molecule has 11 N–H and O–H groups in total.